The molecule has 42 heavy (non-hydrogen) atoms. The first-order chi connectivity index (χ1) is 20.3. The second-order valence-corrected chi connectivity index (χ2v) is 11.3. The van der Waals surface area contributed by atoms with Crippen molar-refractivity contribution in [2.24, 2.45) is 12.0 Å². The van der Waals surface area contributed by atoms with Crippen molar-refractivity contribution in [3.63, 3.8) is 0 Å². The van der Waals surface area contributed by atoms with E-state index in [1.165, 1.54) is 11.6 Å². The number of hydrogen-bond donors (Lipinski definition) is 2. The molecule has 0 saturated carbocycles. The number of nitrogens with one attached hydrogen (secondary N) is 2. The Morgan fingerprint density at radius 2 is 1.88 bits per heavy atom. The van der Waals surface area contributed by atoms with E-state index in [1.54, 1.807) is 12.3 Å². The molecule has 3 aliphatic rings. The fraction of sp³-hybridized carbons (Fsp3) is 0.300. The maximum atomic E-state index is 12.5. The molecule has 1 atom stereocenters. The molecule has 3 aliphatic heterocycles. The van der Waals surface area contributed by atoms with E-state index in [2.05, 4.69) is 48.8 Å². The lowest BCUT2D eigenvalue weighted by Gasteiger charge is -2.32. The third-order valence-electron chi connectivity index (χ3n) is 8.25. The van der Waals surface area contributed by atoms with Crippen molar-refractivity contribution in [3.05, 3.63) is 69.5 Å². The normalized spacial score (nSPS) is 19.0. The summed E-state index contributed by atoms with van der Waals surface area (Å²) in [4.78, 5) is 51.0. The quantitative estimate of drug-likeness (QED) is 0.343. The smallest absolute Gasteiger partial charge is 0.270 e. The van der Waals surface area contributed by atoms with Gasteiger partial charge in [0, 0.05) is 48.9 Å². The van der Waals surface area contributed by atoms with Crippen LogP contribution in [0.25, 0.3) is 17.0 Å². The Morgan fingerprint density at radius 1 is 1.05 bits per heavy atom. The number of amides is 3. The van der Waals surface area contributed by atoms with E-state index < -0.39 is 5.92 Å². The molecule has 0 radical (unpaired) electrons. The van der Waals surface area contributed by atoms with Crippen molar-refractivity contribution >= 4 is 63.8 Å². The van der Waals surface area contributed by atoms with Gasteiger partial charge in [0.1, 0.15) is 5.02 Å². The molecule has 4 aromatic rings. The summed E-state index contributed by atoms with van der Waals surface area (Å²) in [5, 5.41) is 13.1. The lowest BCUT2D eigenvalue weighted by Crippen LogP contribution is -2.39. The molecule has 0 bridgehead atoms. The molecule has 11 nitrogen and oxygen atoms in total. The molecular weight excluding hydrogens is 556 g/mol. The first-order valence-corrected chi connectivity index (χ1v) is 14.3. The minimum atomic E-state index is -0.417. The topological polar surface area (TPSA) is 134 Å². The molecule has 2 saturated heterocycles. The lowest BCUT2D eigenvalue weighted by molar-refractivity contribution is -0.134. The molecule has 2 N–H and O–H groups in total. The highest BCUT2D eigenvalue weighted by atomic mass is 35.5. The van der Waals surface area contributed by atoms with Crippen LogP contribution in [0, 0.1) is 0 Å². The average Bonchev–Trinajstić information content (AvgIpc) is 3.52. The standard InChI is InChI=1S/C30H27ClN8O3/c1-38-24-13-17(2-4-20(24)27(37-38)21-5-7-25(40)35-29(21)42)16-8-10-39(11-9-16)30-32-15-22(31)28(36-30)33-19-3-6-23-18(12-19)14-26(41)34-23/h2-4,6,12-16,21H,5,7-11H2,1H3,(H,32,33,36)(H,35,40,42). The summed E-state index contributed by atoms with van der Waals surface area (Å²) in [7, 11) is 1.89. The highest BCUT2D eigenvalue weighted by Crippen LogP contribution is 2.35. The van der Waals surface area contributed by atoms with Crippen molar-refractivity contribution in [2.75, 3.05) is 23.3 Å². The van der Waals surface area contributed by atoms with Crippen molar-refractivity contribution in [2.45, 2.75) is 37.5 Å². The largest absolute Gasteiger partial charge is 0.341 e. The number of aryl methyl sites for hydroxylation is 1. The van der Waals surface area contributed by atoms with Crippen LogP contribution in [0.15, 0.2) is 47.6 Å². The van der Waals surface area contributed by atoms with Gasteiger partial charge in [-0.25, -0.2) is 9.98 Å². The van der Waals surface area contributed by atoms with Gasteiger partial charge in [-0.05, 0) is 55.0 Å². The molecule has 7 rings (SSSR count). The molecule has 0 aliphatic carbocycles. The van der Waals surface area contributed by atoms with E-state index in [-0.39, 0.29) is 17.7 Å². The van der Waals surface area contributed by atoms with Gasteiger partial charge in [0.2, 0.25) is 17.8 Å². The van der Waals surface area contributed by atoms with Gasteiger partial charge in [0.25, 0.3) is 5.91 Å². The molecule has 3 amide bonds. The fourth-order valence-corrected chi connectivity index (χ4v) is 6.19. The van der Waals surface area contributed by atoms with Crippen molar-refractivity contribution < 1.29 is 14.4 Å². The van der Waals surface area contributed by atoms with E-state index in [0.717, 1.165) is 53.4 Å². The first-order valence-electron chi connectivity index (χ1n) is 13.9. The molecule has 0 spiro atoms. The zero-order valence-electron chi connectivity index (χ0n) is 22.8. The monoisotopic (exact) mass is 582 g/mol. The second-order valence-electron chi connectivity index (χ2n) is 10.9. The summed E-state index contributed by atoms with van der Waals surface area (Å²) in [6.07, 6.45) is 5.76. The molecule has 2 fully saturated rings. The third kappa shape index (κ3) is 4.79. The van der Waals surface area contributed by atoms with E-state index in [4.69, 9.17) is 16.6 Å². The van der Waals surface area contributed by atoms with E-state index in [9.17, 15) is 14.4 Å². The predicted octanol–water partition coefficient (Wildman–Crippen LogP) is 2.60. The van der Waals surface area contributed by atoms with Crippen LogP contribution in [-0.4, -0.2) is 50.6 Å². The van der Waals surface area contributed by atoms with Gasteiger partial charge in [-0.1, -0.05) is 23.7 Å². The number of carbonyl (C=O) groups is 3. The molecule has 2 aromatic carbocycles. The highest BCUT2D eigenvalue weighted by molar-refractivity contribution is 6.32. The van der Waals surface area contributed by atoms with Gasteiger partial charge in [-0.3, -0.25) is 24.4 Å². The summed E-state index contributed by atoms with van der Waals surface area (Å²) in [5.74, 6) is 0.289. The lowest BCUT2D eigenvalue weighted by atomic mass is 9.88. The van der Waals surface area contributed by atoms with Gasteiger partial charge in [-0.15, -0.1) is 0 Å². The molecule has 1 unspecified atom stereocenters. The van der Waals surface area contributed by atoms with Gasteiger partial charge in [0.05, 0.1) is 28.7 Å². The van der Waals surface area contributed by atoms with Gasteiger partial charge in [-0.2, -0.15) is 10.1 Å². The van der Waals surface area contributed by atoms with E-state index in [1.807, 2.05) is 23.9 Å². The number of imide groups is 1. The highest BCUT2D eigenvalue weighted by Gasteiger charge is 2.32. The number of aromatic nitrogens is 4. The SMILES string of the molecule is Cn1nc(C2CCC(=O)NC2=O)c2ccc(C3CCN(c4ncc(Cl)c(Nc5ccc6c(c5)=CC(=O)N=6)n4)CC3)cc21. The predicted molar refractivity (Wildman–Crippen MR) is 157 cm³/mol. The van der Waals surface area contributed by atoms with Gasteiger partial charge in [0.15, 0.2) is 5.82 Å². The number of fused-ring (bicyclic) bond motifs is 2. The molecule has 12 heteroatoms. The summed E-state index contributed by atoms with van der Waals surface area (Å²) >= 11 is 6.42. The first kappa shape index (κ1) is 26.3. The Kier molecular flexibility index (Phi) is 6.46. The van der Waals surface area contributed by atoms with Crippen LogP contribution in [0.2, 0.25) is 5.02 Å². The number of anilines is 3. The minimum absolute atomic E-state index is 0.227. The summed E-state index contributed by atoms with van der Waals surface area (Å²) in [6.45, 7) is 1.57. The van der Waals surface area contributed by atoms with Gasteiger partial charge >= 0.3 is 0 Å². The summed E-state index contributed by atoms with van der Waals surface area (Å²) in [6, 6.07) is 11.8. The molecule has 212 valence electrons. The number of hydrogen-bond acceptors (Lipinski definition) is 8. The molecule has 5 heterocycles. The maximum absolute atomic E-state index is 12.5. The summed E-state index contributed by atoms with van der Waals surface area (Å²) < 4.78 is 1.83. The van der Waals surface area contributed by atoms with Crippen molar-refractivity contribution in [3.8, 4) is 0 Å². The summed E-state index contributed by atoms with van der Waals surface area (Å²) in [5.41, 5.74) is 3.70. The van der Waals surface area contributed by atoms with Crippen LogP contribution in [0.3, 0.4) is 0 Å². The van der Waals surface area contributed by atoms with Crippen LogP contribution in [0.1, 0.15) is 48.8 Å². The number of benzene rings is 2. The van der Waals surface area contributed by atoms with Crippen molar-refractivity contribution in [1.29, 1.82) is 0 Å². The van der Waals surface area contributed by atoms with Crippen molar-refractivity contribution in [1.82, 2.24) is 25.1 Å². The van der Waals surface area contributed by atoms with Gasteiger partial charge < -0.3 is 10.2 Å². The minimum Gasteiger partial charge on any atom is -0.341 e. The Labute approximate surface area is 245 Å². The van der Waals surface area contributed by atoms with E-state index >= 15 is 0 Å². The number of piperidine rings is 2. The zero-order valence-corrected chi connectivity index (χ0v) is 23.6. The number of rotatable bonds is 5. The number of nitrogens with zero attached hydrogens (tertiary/aromatic N) is 6. The van der Waals surface area contributed by atoms with Crippen LogP contribution in [0.4, 0.5) is 17.5 Å². The Bertz CT molecular complexity index is 1910. The van der Waals surface area contributed by atoms with E-state index in [0.29, 0.717) is 40.9 Å². The van der Waals surface area contributed by atoms with Crippen LogP contribution in [-0.2, 0) is 21.4 Å². The fourth-order valence-electron chi connectivity index (χ4n) is 6.05. The zero-order chi connectivity index (χ0) is 29.0. The Balaban J connectivity index is 1.06. The maximum Gasteiger partial charge on any atom is 0.270 e. The number of carbonyl (C=O) groups excluding carboxylic acids is 3. The number of halogens is 1. The Morgan fingerprint density at radius 3 is 2.69 bits per heavy atom. The average molecular weight is 583 g/mol. The van der Waals surface area contributed by atoms with Crippen LogP contribution in [0.5, 0.6) is 0 Å². The Hall–Kier alpha value is -4.64. The van der Waals surface area contributed by atoms with Crippen LogP contribution < -0.4 is 26.1 Å². The molecular formula is C30H27ClN8O3. The second kappa shape index (κ2) is 10.3. The third-order valence-corrected chi connectivity index (χ3v) is 8.53. The molecule has 2 aromatic heterocycles. The van der Waals surface area contributed by atoms with Crippen LogP contribution >= 0.6 is 11.6 Å².